The highest BCUT2D eigenvalue weighted by Gasteiger charge is 2.43. The minimum absolute atomic E-state index is 0.00238. The number of hydrogen-bond donors (Lipinski definition) is 2. The zero-order chi connectivity index (χ0) is 23.1. The number of nitriles is 1. The number of aromatic nitrogens is 3. The van der Waals surface area contributed by atoms with Crippen molar-refractivity contribution >= 4 is 16.9 Å². The lowest BCUT2D eigenvalue weighted by Crippen LogP contribution is -2.50. The third-order valence-corrected chi connectivity index (χ3v) is 5.85. The van der Waals surface area contributed by atoms with E-state index in [1.807, 2.05) is 32.0 Å². The number of rotatable bonds is 6. The topological polar surface area (TPSA) is 117 Å². The Bertz CT molecular complexity index is 1180. The van der Waals surface area contributed by atoms with Crippen LogP contribution < -0.4 is 10.1 Å². The molecular weight excluding hydrogens is 406 g/mol. The second-order valence-corrected chi connectivity index (χ2v) is 9.60. The fourth-order valence-corrected chi connectivity index (χ4v) is 4.21. The van der Waals surface area contributed by atoms with Crippen molar-refractivity contribution in [3.63, 3.8) is 0 Å². The second kappa shape index (κ2) is 8.06. The Morgan fingerprint density at radius 3 is 2.69 bits per heavy atom. The summed E-state index contributed by atoms with van der Waals surface area (Å²) >= 11 is 0. The van der Waals surface area contributed by atoms with Gasteiger partial charge < -0.3 is 19.6 Å². The molecule has 3 aromatic rings. The van der Waals surface area contributed by atoms with E-state index >= 15 is 0 Å². The van der Waals surface area contributed by atoms with Gasteiger partial charge in [0.15, 0.2) is 0 Å². The normalized spacial score (nSPS) is 20.6. The number of nitrogens with zero attached hydrogens (tertiary/aromatic N) is 4. The minimum atomic E-state index is -0.921. The van der Waals surface area contributed by atoms with Crippen LogP contribution in [0.4, 0.5) is 6.01 Å². The average molecular weight is 436 g/mol. The van der Waals surface area contributed by atoms with E-state index in [1.165, 1.54) is 0 Å². The van der Waals surface area contributed by atoms with Crippen molar-refractivity contribution in [3.8, 4) is 23.4 Å². The molecular formula is C24H29N5O3. The zero-order valence-corrected chi connectivity index (χ0v) is 19.2. The molecule has 0 atom stereocenters. The first-order valence-electron chi connectivity index (χ1n) is 10.9. The molecule has 1 fully saturated rings. The van der Waals surface area contributed by atoms with E-state index in [4.69, 9.17) is 19.4 Å². The molecule has 8 nitrogen and oxygen atoms in total. The lowest BCUT2D eigenvalue weighted by molar-refractivity contribution is -0.0371. The summed E-state index contributed by atoms with van der Waals surface area (Å²) in [5, 5.41) is 31.4. The molecule has 2 aromatic heterocycles. The van der Waals surface area contributed by atoms with Crippen molar-refractivity contribution in [1.82, 2.24) is 15.2 Å². The maximum Gasteiger partial charge on any atom is 0.316 e. The number of fused-ring (bicyclic) bond motifs is 1. The van der Waals surface area contributed by atoms with Gasteiger partial charge in [-0.3, -0.25) is 0 Å². The first-order valence-corrected chi connectivity index (χ1v) is 10.9. The minimum Gasteiger partial charge on any atom is -0.494 e. The van der Waals surface area contributed by atoms with Crippen LogP contribution in [0.3, 0.4) is 0 Å². The summed E-state index contributed by atoms with van der Waals surface area (Å²) in [5.74, 6) is 1.17. The largest absolute Gasteiger partial charge is 0.494 e. The van der Waals surface area contributed by atoms with Crippen LogP contribution in [-0.2, 0) is 5.41 Å². The fraction of sp³-hybridized carbons (Fsp3) is 0.500. The summed E-state index contributed by atoms with van der Waals surface area (Å²) in [4.78, 5) is 4.89. The lowest BCUT2D eigenvalue weighted by atomic mass is 9.74. The van der Waals surface area contributed by atoms with E-state index in [0.717, 1.165) is 27.8 Å². The van der Waals surface area contributed by atoms with Crippen LogP contribution in [0.2, 0.25) is 0 Å². The number of benzene rings is 1. The van der Waals surface area contributed by atoms with Crippen molar-refractivity contribution in [2.24, 2.45) is 0 Å². The number of nitrogens with one attached hydrogen (secondary N) is 1. The Morgan fingerprint density at radius 1 is 1.28 bits per heavy atom. The van der Waals surface area contributed by atoms with Crippen LogP contribution in [0.25, 0.3) is 22.5 Å². The first kappa shape index (κ1) is 22.0. The summed E-state index contributed by atoms with van der Waals surface area (Å²) in [7, 11) is 0. The molecule has 168 valence electrons. The standard InChI is InChI=1S/C24H29N5O3/c1-6-31-16-10-17-14(2)9-19(27-20(17)18(11-16)23(3,4)5)21-28-29-22(32-21)26-15-12-24(30,13-15)7-8-25/h9-11,15,30H,6-7,12-13H2,1-5H3,(H,26,29). The molecule has 2 N–H and O–H groups in total. The predicted octanol–water partition coefficient (Wildman–Crippen LogP) is 4.51. The summed E-state index contributed by atoms with van der Waals surface area (Å²) in [6.07, 6.45) is 1.08. The Labute approximate surface area is 187 Å². The molecule has 0 unspecified atom stereocenters. The molecule has 0 spiro atoms. The Hall–Kier alpha value is -3.18. The second-order valence-electron chi connectivity index (χ2n) is 9.60. The number of aryl methyl sites for hydroxylation is 1. The Balaban J connectivity index is 1.65. The third-order valence-electron chi connectivity index (χ3n) is 5.85. The SMILES string of the molecule is CCOc1cc(C(C)(C)C)c2nc(-c3nnc(NC4CC(O)(CC#N)C4)o3)cc(C)c2c1. The Kier molecular flexibility index (Phi) is 5.55. The maximum atomic E-state index is 10.2. The Morgan fingerprint density at radius 2 is 2.03 bits per heavy atom. The van der Waals surface area contributed by atoms with E-state index < -0.39 is 5.60 Å². The van der Waals surface area contributed by atoms with Crippen molar-refractivity contribution in [3.05, 3.63) is 29.3 Å². The molecule has 1 saturated carbocycles. The number of hydrogen-bond acceptors (Lipinski definition) is 8. The highest BCUT2D eigenvalue weighted by Crippen LogP contribution is 2.38. The summed E-state index contributed by atoms with van der Waals surface area (Å²) in [5.41, 5.74) is 2.59. The van der Waals surface area contributed by atoms with Crippen LogP contribution in [-0.4, -0.2) is 38.5 Å². The van der Waals surface area contributed by atoms with Crippen molar-refractivity contribution in [2.45, 2.75) is 70.9 Å². The number of aliphatic hydroxyl groups is 1. The first-order chi connectivity index (χ1) is 15.1. The van der Waals surface area contributed by atoms with Gasteiger partial charge in [0.25, 0.3) is 5.89 Å². The van der Waals surface area contributed by atoms with Crippen LogP contribution in [0.1, 0.15) is 58.1 Å². The molecule has 0 amide bonds. The highest BCUT2D eigenvalue weighted by molar-refractivity contribution is 5.89. The number of ether oxygens (including phenoxy) is 1. The van der Waals surface area contributed by atoms with E-state index in [-0.39, 0.29) is 23.9 Å². The summed E-state index contributed by atoms with van der Waals surface area (Å²) < 4.78 is 11.6. The van der Waals surface area contributed by atoms with Gasteiger partial charge >= 0.3 is 6.01 Å². The summed E-state index contributed by atoms with van der Waals surface area (Å²) in [6, 6.07) is 8.33. The van der Waals surface area contributed by atoms with Crippen LogP contribution in [0.5, 0.6) is 5.75 Å². The van der Waals surface area contributed by atoms with E-state index in [9.17, 15) is 5.11 Å². The quantitative estimate of drug-likeness (QED) is 0.581. The number of anilines is 1. The van der Waals surface area contributed by atoms with Gasteiger partial charge in [0.1, 0.15) is 11.4 Å². The van der Waals surface area contributed by atoms with Crippen LogP contribution >= 0.6 is 0 Å². The molecule has 1 aliphatic rings. The predicted molar refractivity (Wildman–Crippen MR) is 121 cm³/mol. The molecule has 0 saturated heterocycles. The monoisotopic (exact) mass is 435 g/mol. The average Bonchev–Trinajstić information content (AvgIpc) is 3.15. The molecule has 0 bridgehead atoms. The van der Waals surface area contributed by atoms with Crippen LogP contribution in [0.15, 0.2) is 22.6 Å². The van der Waals surface area contributed by atoms with Gasteiger partial charge in [-0.15, -0.1) is 5.10 Å². The smallest absolute Gasteiger partial charge is 0.316 e. The van der Waals surface area contributed by atoms with E-state index in [0.29, 0.717) is 31.0 Å². The van der Waals surface area contributed by atoms with E-state index in [1.54, 1.807) is 0 Å². The van der Waals surface area contributed by atoms with Crippen molar-refractivity contribution in [1.29, 1.82) is 5.26 Å². The lowest BCUT2D eigenvalue weighted by Gasteiger charge is -2.41. The van der Waals surface area contributed by atoms with Crippen molar-refractivity contribution in [2.75, 3.05) is 11.9 Å². The summed E-state index contributed by atoms with van der Waals surface area (Å²) in [6.45, 7) is 11.1. The molecule has 4 rings (SSSR count). The molecule has 1 aliphatic carbocycles. The van der Waals surface area contributed by atoms with Gasteiger partial charge in [0, 0.05) is 11.4 Å². The number of pyridine rings is 1. The van der Waals surface area contributed by atoms with Gasteiger partial charge in [-0.2, -0.15) is 5.26 Å². The highest BCUT2D eigenvalue weighted by atomic mass is 16.5. The molecule has 0 aliphatic heterocycles. The van der Waals surface area contributed by atoms with Gasteiger partial charge in [-0.1, -0.05) is 25.9 Å². The zero-order valence-electron chi connectivity index (χ0n) is 19.2. The van der Waals surface area contributed by atoms with Gasteiger partial charge in [-0.05, 0) is 61.4 Å². The van der Waals surface area contributed by atoms with Gasteiger partial charge in [0.2, 0.25) is 0 Å². The molecule has 0 radical (unpaired) electrons. The van der Waals surface area contributed by atoms with Crippen LogP contribution in [0, 0.1) is 18.3 Å². The van der Waals surface area contributed by atoms with E-state index in [2.05, 4.69) is 42.4 Å². The maximum absolute atomic E-state index is 10.2. The molecule has 8 heteroatoms. The molecule has 1 aromatic carbocycles. The van der Waals surface area contributed by atoms with Gasteiger partial charge in [-0.25, -0.2) is 4.98 Å². The van der Waals surface area contributed by atoms with Crippen molar-refractivity contribution < 1.29 is 14.3 Å². The van der Waals surface area contributed by atoms with Gasteiger partial charge in [0.05, 0.1) is 30.2 Å². The fourth-order valence-electron chi connectivity index (χ4n) is 4.21. The molecule has 2 heterocycles. The molecule has 32 heavy (non-hydrogen) atoms. The third kappa shape index (κ3) is 4.26.